The van der Waals surface area contributed by atoms with E-state index in [4.69, 9.17) is 0 Å². The van der Waals surface area contributed by atoms with Gasteiger partial charge >= 0.3 is 0 Å². The van der Waals surface area contributed by atoms with E-state index in [1.54, 1.807) is 0 Å². The van der Waals surface area contributed by atoms with Gasteiger partial charge in [0.1, 0.15) is 6.29 Å². The van der Waals surface area contributed by atoms with Crippen molar-refractivity contribution in [1.82, 2.24) is 0 Å². The largest absolute Gasteiger partial charge is 0.298 e. The Hall–Kier alpha value is -0.630. The number of aryl methyl sites for hydroxylation is 1. The van der Waals surface area contributed by atoms with Gasteiger partial charge in [-0.25, -0.2) is 0 Å². The van der Waals surface area contributed by atoms with Crippen LogP contribution in [0.25, 0.3) is 0 Å². The fraction of sp³-hybridized carbons (Fsp3) is 0.667. The van der Waals surface area contributed by atoms with Crippen molar-refractivity contribution >= 4 is 22.2 Å². The average molecular weight is 379 g/mol. The topological polar surface area (TPSA) is 17.1 Å². The lowest BCUT2D eigenvalue weighted by atomic mass is 9.75. The average Bonchev–Trinajstić information content (AvgIpc) is 2.60. The molecule has 0 heterocycles. The molecule has 0 atom stereocenters. The molecule has 128 valence electrons. The van der Waals surface area contributed by atoms with E-state index in [9.17, 15) is 4.79 Å². The number of carbonyl (C=O) groups is 1. The lowest BCUT2D eigenvalue weighted by Gasteiger charge is -2.29. The summed E-state index contributed by atoms with van der Waals surface area (Å²) in [7, 11) is 0. The Labute approximate surface area is 150 Å². The van der Waals surface area contributed by atoms with Gasteiger partial charge in [-0.1, -0.05) is 66.7 Å². The van der Waals surface area contributed by atoms with Crippen LogP contribution in [0, 0.1) is 5.92 Å². The van der Waals surface area contributed by atoms with Gasteiger partial charge in [-0.15, -0.1) is 0 Å². The van der Waals surface area contributed by atoms with E-state index in [1.165, 1.54) is 62.5 Å². The summed E-state index contributed by atoms with van der Waals surface area (Å²) in [6, 6.07) is 6.49. The maximum absolute atomic E-state index is 11.4. The van der Waals surface area contributed by atoms with E-state index >= 15 is 0 Å². The molecule has 1 nitrogen and oxygen atoms in total. The van der Waals surface area contributed by atoms with Crippen LogP contribution in [0.15, 0.2) is 18.2 Å². The van der Waals surface area contributed by atoms with Crippen LogP contribution in [0.3, 0.4) is 0 Å². The second-order valence-electron chi connectivity index (χ2n) is 7.09. The molecule has 1 fully saturated rings. The van der Waals surface area contributed by atoms with Gasteiger partial charge in [-0.05, 0) is 61.5 Å². The Morgan fingerprint density at radius 1 is 1.13 bits per heavy atom. The molecule has 1 saturated carbocycles. The molecule has 0 aliphatic heterocycles. The van der Waals surface area contributed by atoms with Gasteiger partial charge in [0.25, 0.3) is 0 Å². The predicted octanol–water partition coefficient (Wildman–Crippen LogP) is 6.68. The van der Waals surface area contributed by atoms with Crippen LogP contribution in [-0.2, 0) is 6.42 Å². The molecule has 1 aliphatic rings. The third-order valence-electron chi connectivity index (χ3n) is 5.38. The molecular weight excluding hydrogens is 348 g/mol. The summed E-state index contributed by atoms with van der Waals surface area (Å²) in [4.78, 5) is 11.4. The lowest BCUT2D eigenvalue weighted by Crippen LogP contribution is -2.15. The molecule has 0 N–H and O–H groups in total. The van der Waals surface area contributed by atoms with Gasteiger partial charge in [0, 0.05) is 10.9 Å². The van der Waals surface area contributed by atoms with Crippen LogP contribution >= 0.6 is 15.9 Å². The first-order chi connectivity index (χ1) is 11.3. The van der Waals surface area contributed by atoms with Crippen molar-refractivity contribution in [2.45, 2.75) is 77.0 Å². The van der Waals surface area contributed by atoms with Gasteiger partial charge in [0.05, 0.1) is 0 Å². The van der Waals surface area contributed by atoms with Gasteiger partial charge in [0.15, 0.2) is 0 Å². The van der Waals surface area contributed by atoms with E-state index in [2.05, 4.69) is 35.0 Å². The van der Waals surface area contributed by atoms with E-state index in [1.807, 2.05) is 6.07 Å². The third-order valence-corrected chi connectivity index (χ3v) is 5.94. The number of unbranched alkanes of at least 4 members (excludes halogenated alkanes) is 2. The first kappa shape index (κ1) is 18.7. The molecule has 2 heteroatoms. The molecule has 0 unspecified atom stereocenters. The summed E-state index contributed by atoms with van der Waals surface area (Å²) >= 11 is 3.51. The highest BCUT2D eigenvalue weighted by Gasteiger charge is 2.23. The zero-order valence-electron chi connectivity index (χ0n) is 14.5. The van der Waals surface area contributed by atoms with Crippen LogP contribution in [0.4, 0.5) is 0 Å². The van der Waals surface area contributed by atoms with Crippen LogP contribution in [0.1, 0.15) is 92.1 Å². The summed E-state index contributed by atoms with van der Waals surface area (Å²) < 4.78 is 0. The highest BCUT2D eigenvalue weighted by Crippen LogP contribution is 2.39. The van der Waals surface area contributed by atoms with Crippen molar-refractivity contribution in [1.29, 1.82) is 0 Å². The van der Waals surface area contributed by atoms with Crippen molar-refractivity contribution in [2.24, 2.45) is 5.92 Å². The van der Waals surface area contributed by atoms with Gasteiger partial charge < -0.3 is 0 Å². The molecule has 0 radical (unpaired) electrons. The quantitative estimate of drug-likeness (QED) is 0.266. The van der Waals surface area contributed by atoms with Crippen molar-refractivity contribution in [3.63, 3.8) is 0 Å². The number of aldehydes is 1. The number of hydrogen-bond acceptors (Lipinski definition) is 1. The number of rotatable bonds is 9. The Morgan fingerprint density at radius 2 is 1.91 bits per heavy atom. The van der Waals surface area contributed by atoms with Crippen molar-refractivity contribution in [3.8, 4) is 0 Å². The molecule has 1 aromatic rings. The summed E-state index contributed by atoms with van der Waals surface area (Å²) in [6.45, 7) is 2.28. The molecule has 0 saturated heterocycles. The number of alkyl halides is 1. The minimum Gasteiger partial charge on any atom is -0.298 e. The molecule has 0 bridgehead atoms. The SMILES string of the molecule is CCCCCC1CCC(c2cc(CCCBr)ccc2C=O)CC1. The summed E-state index contributed by atoms with van der Waals surface area (Å²) in [5.74, 6) is 1.52. The molecule has 23 heavy (non-hydrogen) atoms. The van der Waals surface area contributed by atoms with E-state index < -0.39 is 0 Å². The maximum atomic E-state index is 11.4. The molecular formula is C21H31BrO. The van der Waals surface area contributed by atoms with Crippen molar-refractivity contribution < 1.29 is 4.79 Å². The summed E-state index contributed by atoms with van der Waals surface area (Å²) in [6.07, 6.45) is 14.0. The maximum Gasteiger partial charge on any atom is 0.150 e. The zero-order chi connectivity index (χ0) is 16.5. The minimum absolute atomic E-state index is 0.599. The predicted molar refractivity (Wildman–Crippen MR) is 103 cm³/mol. The lowest BCUT2D eigenvalue weighted by molar-refractivity contribution is 0.112. The highest BCUT2D eigenvalue weighted by molar-refractivity contribution is 9.09. The molecule has 0 spiro atoms. The number of halogens is 1. The molecule has 0 amide bonds. The van der Waals surface area contributed by atoms with Crippen molar-refractivity contribution in [3.05, 3.63) is 34.9 Å². The van der Waals surface area contributed by atoms with Crippen LogP contribution in [0.5, 0.6) is 0 Å². The third kappa shape index (κ3) is 5.74. The Bertz CT molecular complexity index is 475. The van der Waals surface area contributed by atoms with Crippen LogP contribution < -0.4 is 0 Å². The fourth-order valence-electron chi connectivity index (χ4n) is 3.96. The normalized spacial score (nSPS) is 21.3. The monoisotopic (exact) mass is 378 g/mol. The number of carbonyl (C=O) groups excluding carboxylic acids is 1. The van der Waals surface area contributed by atoms with Gasteiger partial charge in [-0.2, -0.15) is 0 Å². The molecule has 2 rings (SSSR count). The fourth-order valence-corrected chi connectivity index (χ4v) is 4.24. The van der Waals surface area contributed by atoms with Crippen molar-refractivity contribution in [2.75, 3.05) is 5.33 Å². The first-order valence-corrected chi connectivity index (χ1v) is 10.5. The van der Waals surface area contributed by atoms with Crippen LogP contribution in [-0.4, -0.2) is 11.6 Å². The second-order valence-corrected chi connectivity index (χ2v) is 7.88. The number of hydrogen-bond donors (Lipinski definition) is 0. The Kier molecular flexibility index (Phi) is 8.36. The Balaban J connectivity index is 1.97. The smallest absolute Gasteiger partial charge is 0.150 e. The summed E-state index contributed by atoms with van der Waals surface area (Å²) in [5, 5.41) is 1.04. The molecule has 1 aliphatic carbocycles. The van der Waals surface area contributed by atoms with E-state index in [0.29, 0.717) is 5.92 Å². The molecule has 0 aromatic heterocycles. The van der Waals surface area contributed by atoms with Gasteiger partial charge in [0.2, 0.25) is 0 Å². The minimum atomic E-state index is 0.599. The number of benzene rings is 1. The standard InChI is InChI=1S/C21H31BrO/c1-2-3-4-6-17-8-11-19(12-9-17)21-15-18(7-5-14-22)10-13-20(21)16-23/h10,13,15-17,19H,2-9,11-12,14H2,1H3. The first-order valence-electron chi connectivity index (χ1n) is 9.42. The van der Waals surface area contributed by atoms with Crippen LogP contribution in [0.2, 0.25) is 0 Å². The second kappa shape index (κ2) is 10.3. The van der Waals surface area contributed by atoms with E-state index in [0.717, 1.165) is 35.9 Å². The summed E-state index contributed by atoms with van der Waals surface area (Å²) in [5.41, 5.74) is 3.62. The molecule has 1 aromatic carbocycles. The highest BCUT2D eigenvalue weighted by atomic mass is 79.9. The van der Waals surface area contributed by atoms with E-state index in [-0.39, 0.29) is 0 Å². The zero-order valence-corrected chi connectivity index (χ0v) is 16.1. The Morgan fingerprint density at radius 3 is 2.57 bits per heavy atom. The van der Waals surface area contributed by atoms with Gasteiger partial charge in [-0.3, -0.25) is 4.79 Å².